The minimum Gasteiger partial charge on any atom is -0.379 e. The van der Waals surface area contributed by atoms with E-state index >= 15 is 0 Å². The highest BCUT2D eigenvalue weighted by molar-refractivity contribution is 5.86. The van der Waals surface area contributed by atoms with Crippen LogP contribution in [0.25, 0.3) is 21.8 Å². The molecule has 3 aromatic carbocycles. The fourth-order valence-corrected chi connectivity index (χ4v) is 4.12. The van der Waals surface area contributed by atoms with Crippen LogP contribution in [0.1, 0.15) is 5.56 Å². The Morgan fingerprint density at radius 2 is 1.66 bits per heavy atom. The number of anilines is 1. The molecule has 4 aromatic rings. The van der Waals surface area contributed by atoms with Gasteiger partial charge in [0.1, 0.15) is 0 Å². The molecule has 0 aliphatic carbocycles. The molecule has 5 rings (SSSR count). The summed E-state index contributed by atoms with van der Waals surface area (Å²) in [6.45, 7) is 6.35. The number of rotatable bonds is 6. The van der Waals surface area contributed by atoms with E-state index in [4.69, 9.17) is 9.72 Å². The molecule has 0 spiro atoms. The Balaban J connectivity index is 1.40. The molecular weight excluding hydrogens is 360 g/mol. The quantitative estimate of drug-likeness (QED) is 0.541. The third-order valence-corrected chi connectivity index (χ3v) is 5.71. The van der Waals surface area contributed by atoms with Gasteiger partial charge in [0.05, 0.1) is 24.2 Å². The molecule has 1 saturated heterocycles. The molecule has 148 valence electrons. The number of nitrogens with one attached hydrogen (secondary N) is 1. The lowest BCUT2D eigenvalue weighted by Gasteiger charge is -2.27. The van der Waals surface area contributed by atoms with Gasteiger partial charge in [-0.05, 0) is 28.5 Å². The molecule has 0 bridgehead atoms. The molecule has 29 heavy (non-hydrogen) atoms. The van der Waals surface area contributed by atoms with Gasteiger partial charge in [-0.1, -0.05) is 54.6 Å². The summed E-state index contributed by atoms with van der Waals surface area (Å²) in [6, 6.07) is 23.4. The average molecular weight is 386 g/mol. The number of ether oxygens (including phenoxy) is 1. The Morgan fingerprint density at radius 3 is 2.59 bits per heavy atom. The van der Waals surface area contributed by atoms with Crippen molar-refractivity contribution in [3.63, 3.8) is 0 Å². The van der Waals surface area contributed by atoms with E-state index in [-0.39, 0.29) is 0 Å². The minimum absolute atomic E-state index is 0.752. The SMILES string of the molecule is c1ccc2c(CNc3nc4ccccc4n3CCN3CCOCC3)cccc2c1. The van der Waals surface area contributed by atoms with Gasteiger partial charge in [-0.15, -0.1) is 0 Å². The van der Waals surface area contributed by atoms with E-state index in [2.05, 4.69) is 81.5 Å². The highest BCUT2D eigenvalue weighted by Gasteiger charge is 2.14. The first-order chi connectivity index (χ1) is 14.4. The first kappa shape index (κ1) is 18.2. The Bertz CT molecular complexity index is 1110. The van der Waals surface area contributed by atoms with Crippen LogP contribution in [0, 0.1) is 0 Å². The van der Waals surface area contributed by atoms with Gasteiger partial charge >= 0.3 is 0 Å². The third-order valence-electron chi connectivity index (χ3n) is 5.71. The van der Waals surface area contributed by atoms with Crippen molar-refractivity contribution in [3.8, 4) is 0 Å². The molecule has 1 fully saturated rings. The smallest absolute Gasteiger partial charge is 0.204 e. The van der Waals surface area contributed by atoms with Crippen LogP contribution in [0.4, 0.5) is 5.95 Å². The Morgan fingerprint density at radius 1 is 0.862 bits per heavy atom. The number of fused-ring (bicyclic) bond motifs is 2. The molecule has 0 radical (unpaired) electrons. The summed E-state index contributed by atoms with van der Waals surface area (Å²) in [4.78, 5) is 7.35. The van der Waals surface area contributed by atoms with E-state index in [1.165, 1.54) is 21.9 Å². The van der Waals surface area contributed by atoms with Crippen LogP contribution < -0.4 is 5.32 Å². The highest BCUT2D eigenvalue weighted by Crippen LogP contribution is 2.23. The zero-order valence-corrected chi connectivity index (χ0v) is 16.6. The fourth-order valence-electron chi connectivity index (χ4n) is 4.12. The normalized spacial score (nSPS) is 15.2. The van der Waals surface area contributed by atoms with Gasteiger partial charge < -0.3 is 14.6 Å². The predicted molar refractivity (Wildman–Crippen MR) is 118 cm³/mol. The summed E-state index contributed by atoms with van der Waals surface area (Å²) >= 11 is 0. The zero-order valence-electron chi connectivity index (χ0n) is 16.6. The molecule has 2 heterocycles. The van der Waals surface area contributed by atoms with Crippen molar-refractivity contribution in [2.75, 3.05) is 38.2 Å². The van der Waals surface area contributed by atoms with Crippen LogP contribution in [-0.2, 0) is 17.8 Å². The number of hydrogen-bond donors (Lipinski definition) is 1. The Labute approximate surface area is 170 Å². The molecular formula is C24H26N4O. The second-order valence-corrected chi connectivity index (χ2v) is 7.52. The number of imidazole rings is 1. The van der Waals surface area contributed by atoms with Gasteiger partial charge in [0.15, 0.2) is 0 Å². The molecule has 1 N–H and O–H groups in total. The lowest BCUT2D eigenvalue weighted by Crippen LogP contribution is -2.38. The summed E-state index contributed by atoms with van der Waals surface area (Å²) in [5.41, 5.74) is 3.51. The average Bonchev–Trinajstić information content (AvgIpc) is 3.14. The molecule has 0 amide bonds. The van der Waals surface area contributed by atoms with Crippen molar-refractivity contribution in [2.24, 2.45) is 0 Å². The van der Waals surface area contributed by atoms with E-state index < -0.39 is 0 Å². The zero-order chi connectivity index (χ0) is 19.5. The van der Waals surface area contributed by atoms with Crippen molar-refractivity contribution < 1.29 is 4.74 Å². The Kier molecular flexibility index (Phi) is 5.15. The number of para-hydroxylation sites is 2. The van der Waals surface area contributed by atoms with Gasteiger partial charge in [0.25, 0.3) is 0 Å². The Hall–Kier alpha value is -2.89. The van der Waals surface area contributed by atoms with Crippen LogP contribution in [0.5, 0.6) is 0 Å². The van der Waals surface area contributed by atoms with E-state index in [0.29, 0.717) is 0 Å². The van der Waals surface area contributed by atoms with Gasteiger partial charge in [0, 0.05) is 32.7 Å². The van der Waals surface area contributed by atoms with E-state index in [9.17, 15) is 0 Å². The molecule has 0 unspecified atom stereocenters. The van der Waals surface area contributed by atoms with Crippen molar-refractivity contribution in [3.05, 3.63) is 72.3 Å². The van der Waals surface area contributed by atoms with Gasteiger partial charge in [-0.2, -0.15) is 0 Å². The molecule has 1 aliphatic heterocycles. The maximum Gasteiger partial charge on any atom is 0.204 e. The second-order valence-electron chi connectivity index (χ2n) is 7.52. The number of benzene rings is 3. The number of aromatic nitrogens is 2. The summed E-state index contributed by atoms with van der Waals surface area (Å²) in [7, 11) is 0. The fraction of sp³-hybridized carbons (Fsp3) is 0.292. The standard InChI is InChI=1S/C24H26N4O/c1-2-9-21-19(6-1)7-5-8-20(21)18-25-24-26-22-10-3-4-11-23(22)28(24)13-12-27-14-16-29-17-15-27/h1-11H,12-18H2,(H,25,26). The lowest BCUT2D eigenvalue weighted by molar-refractivity contribution is 0.0366. The number of hydrogen-bond acceptors (Lipinski definition) is 4. The summed E-state index contributed by atoms with van der Waals surface area (Å²) in [5.74, 6) is 0.937. The third kappa shape index (κ3) is 3.84. The first-order valence-electron chi connectivity index (χ1n) is 10.3. The van der Waals surface area contributed by atoms with Crippen molar-refractivity contribution in [2.45, 2.75) is 13.1 Å². The molecule has 1 aliphatic rings. The topological polar surface area (TPSA) is 42.3 Å². The molecule has 5 heteroatoms. The van der Waals surface area contributed by atoms with E-state index in [0.717, 1.165) is 57.4 Å². The maximum absolute atomic E-state index is 5.48. The van der Waals surface area contributed by atoms with Crippen molar-refractivity contribution in [1.29, 1.82) is 0 Å². The molecule has 0 atom stereocenters. The maximum atomic E-state index is 5.48. The minimum atomic E-state index is 0.752. The summed E-state index contributed by atoms with van der Waals surface area (Å²) in [5, 5.41) is 6.17. The number of morpholine rings is 1. The van der Waals surface area contributed by atoms with E-state index in [1.54, 1.807) is 0 Å². The summed E-state index contributed by atoms with van der Waals surface area (Å²) < 4.78 is 7.80. The van der Waals surface area contributed by atoms with Gasteiger partial charge in [0.2, 0.25) is 5.95 Å². The van der Waals surface area contributed by atoms with Crippen LogP contribution in [0.15, 0.2) is 66.7 Å². The second kappa shape index (κ2) is 8.23. The van der Waals surface area contributed by atoms with Gasteiger partial charge in [-0.25, -0.2) is 4.98 Å². The lowest BCUT2D eigenvalue weighted by atomic mass is 10.0. The van der Waals surface area contributed by atoms with Crippen LogP contribution in [0.3, 0.4) is 0 Å². The van der Waals surface area contributed by atoms with Crippen molar-refractivity contribution >= 4 is 27.8 Å². The van der Waals surface area contributed by atoms with Crippen LogP contribution in [-0.4, -0.2) is 47.3 Å². The van der Waals surface area contributed by atoms with Crippen LogP contribution in [0.2, 0.25) is 0 Å². The van der Waals surface area contributed by atoms with Crippen LogP contribution >= 0.6 is 0 Å². The molecule has 5 nitrogen and oxygen atoms in total. The predicted octanol–water partition coefficient (Wildman–Crippen LogP) is 4.13. The molecule has 1 aromatic heterocycles. The van der Waals surface area contributed by atoms with Gasteiger partial charge in [-0.3, -0.25) is 4.90 Å². The van der Waals surface area contributed by atoms with Crippen molar-refractivity contribution in [1.82, 2.24) is 14.5 Å². The largest absolute Gasteiger partial charge is 0.379 e. The monoisotopic (exact) mass is 386 g/mol. The highest BCUT2D eigenvalue weighted by atomic mass is 16.5. The van der Waals surface area contributed by atoms with E-state index in [1.807, 2.05) is 0 Å². The first-order valence-corrected chi connectivity index (χ1v) is 10.3. The summed E-state index contributed by atoms with van der Waals surface area (Å²) in [6.07, 6.45) is 0. The molecule has 0 saturated carbocycles. The number of nitrogens with zero attached hydrogens (tertiary/aromatic N) is 3.